The summed E-state index contributed by atoms with van der Waals surface area (Å²) >= 11 is 7.70. The molecule has 0 spiro atoms. The van der Waals surface area contributed by atoms with Crippen LogP contribution in [0.2, 0.25) is 5.02 Å². The quantitative estimate of drug-likeness (QED) is 0.643. The predicted molar refractivity (Wildman–Crippen MR) is 54.0 cm³/mol. The first kappa shape index (κ1) is 10.6. The molecule has 1 rings (SSSR count). The zero-order chi connectivity index (χ0) is 10.0. The Kier molecular flexibility index (Phi) is 3.37. The van der Waals surface area contributed by atoms with Gasteiger partial charge in [0.2, 0.25) is 0 Å². The van der Waals surface area contributed by atoms with E-state index in [1.54, 1.807) is 0 Å². The van der Waals surface area contributed by atoms with E-state index >= 15 is 0 Å². The van der Waals surface area contributed by atoms with Gasteiger partial charge in [-0.2, -0.15) is 0 Å². The fraction of sp³-hybridized carbons (Fsp3) is 0. The number of carbonyl (C=O) groups is 1. The van der Waals surface area contributed by atoms with Gasteiger partial charge in [0.05, 0.1) is 0 Å². The van der Waals surface area contributed by atoms with Crippen molar-refractivity contribution in [3.8, 4) is 0 Å². The number of aromatic amines is 1. The molecule has 13 heavy (non-hydrogen) atoms. The molecule has 0 fully saturated rings. The maximum absolute atomic E-state index is 10.6. The van der Waals surface area contributed by atoms with Crippen molar-refractivity contribution in [2.45, 2.75) is 0 Å². The number of H-pyrrole nitrogens is 1. The van der Waals surface area contributed by atoms with Crippen molar-refractivity contribution in [1.82, 2.24) is 10.2 Å². The van der Waals surface area contributed by atoms with E-state index in [1.165, 1.54) is 0 Å². The maximum atomic E-state index is 10.6. The second-order valence-electron chi connectivity index (χ2n) is 2.21. The summed E-state index contributed by atoms with van der Waals surface area (Å²) in [6.45, 7) is 0. The predicted octanol–water partition coefficient (Wildman–Crippen LogP) is -0.422. The van der Waals surface area contributed by atoms with E-state index in [4.69, 9.17) is 26.9 Å². The summed E-state index contributed by atoms with van der Waals surface area (Å²) in [6, 6.07) is 0. The van der Waals surface area contributed by atoms with Crippen molar-refractivity contribution in [1.29, 1.82) is 0 Å². The molecule has 0 aromatic carbocycles. The zero-order valence-electron chi connectivity index (χ0n) is 6.47. The van der Waals surface area contributed by atoms with E-state index in [1.807, 2.05) is 16.3 Å². The van der Waals surface area contributed by atoms with Crippen LogP contribution in [-0.4, -0.2) is 52.0 Å². The van der Waals surface area contributed by atoms with Gasteiger partial charge in [0.25, 0.3) is 0 Å². The van der Waals surface area contributed by atoms with Crippen LogP contribution in [0.5, 0.6) is 0 Å². The second kappa shape index (κ2) is 4.14. The van der Waals surface area contributed by atoms with Crippen LogP contribution in [0.25, 0.3) is 0 Å². The van der Waals surface area contributed by atoms with Crippen molar-refractivity contribution in [3.05, 3.63) is 10.7 Å². The van der Waals surface area contributed by atoms with Gasteiger partial charge in [-0.05, 0) is 0 Å². The number of aromatic nitrogens is 2. The van der Waals surface area contributed by atoms with Crippen molar-refractivity contribution < 1.29 is 4.79 Å². The Hall–Kier alpha value is -0.498. The Morgan fingerprint density at radius 1 is 1.69 bits per heavy atom. The molecule has 0 bridgehead atoms. The third kappa shape index (κ3) is 2.47. The molecule has 0 aliphatic rings. The third-order valence-corrected chi connectivity index (χ3v) is 1.75. The van der Waals surface area contributed by atoms with Crippen molar-refractivity contribution >= 4 is 59.2 Å². The van der Waals surface area contributed by atoms with Gasteiger partial charge in [-0.3, -0.25) is 0 Å². The van der Waals surface area contributed by atoms with Crippen molar-refractivity contribution in [2.75, 3.05) is 5.32 Å². The molecule has 1 aromatic heterocycles. The number of rotatable bonds is 2. The van der Waals surface area contributed by atoms with Gasteiger partial charge in [-0.15, -0.1) is 0 Å². The molecule has 0 aliphatic heterocycles. The summed E-state index contributed by atoms with van der Waals surface area (Å²) in [4.78, 5) is 10.6. The fourth-order valence-electron chi connectivity index (χ4n) is 0.719. The van der Waals surface area contributed by atoms with Crippen LogP contribution in [0.15, 0.2) is 0 Å². The first-order chi connectivity index (χ1) is 6.02. The molecule has 0 saturated carbocycles. The van der Waals surface area contributed by atoms with Gasteiger partial charge in [0, 0.05) is 0 Å². The number of hydrogen-bond acceptors (Lipinski definition) is 2. The molecular formula is C5H2AlB2ClN3O. The van der Waals surface area contributed by atoms with Crippen LogP contribution < -0.4 is 5.32 Å². The van der Waals surface area contributed by atoms with Crippen LogP contribution in [0, 0.1) is 0 Å². The molecule has 0 atom stereocenters. The first-order valence-electron chi connectivity index (χ1n) is 3.21. The first-order valence-corrected chi connectivity index (χ1v) is 4.16. The van der Waals surface area contributed by atoms with E-state index in [2.05, 4.69) is 15.5 Å². The number of hydrogen-bond donors (Lipinski definition) is 2. The van der Waals surface area contributed by atoms with Gasteiger partial charge in [0.15, 0.2) is 0 Å². The molecule has 8 heteroatoms. The normalized spacial score (nSPS) is 9.54. The average Bonchev–Trinajstić information content (AvgIpc) is 2.32. The average molecular weight is 204 g/mol. The second-order valence-corrected chi connectivity index (χ2v) is 3.11. The van der Waals surface area contributed by atoms with Crippen LogP contribution >= 0.6 is 11.6 Å². The van der Waals surface area contributed by atoms with Gasteiger partial charge in [-0.25, -0.2) is 0 Å². The topological polar surface area (TPSA) is 57.8 Å². The van der Waals surface area contributed by atoms with E-state index < -0.39 is 0 Å². The number of anilines is 1. The summed E-state index contributed by atoms with van der Waals surface area (Å²) in [5, 5.41) is 8.76. The van der Waals surface area contributed by atoms with Gasteiger partial charge >= 0.3 is 90.2 Å². The molecule has 1 aromatic rings. The Balaban J connectivity index is 2.99. The Morgan fingerprint density at radius 2 is 2.31 bits per heavy atom. The molecule has 59 valence electrons. The number of nitrogens with one attached hydrogen (secondary N) is 2. The molecule has 1 heterocycles. The van der Waals surface area contributed by atoms with E-state index in [0.717, 1.165) is 0 Å². The van der Waals surface area contributed by atoms with Crippen molar-refractivity contribution in [2.24, 2.45) is 0 Å². The van der Waals surface area contributed by atoms with Crippen LogP contribution in [0.3, 0.4) is 0 Å². The minimum absolute atomic E-state index is 0.0155. The van der Waals surface area contributed by atoms with Crippen LogP contribution in [0.1, 0.15) is 5.69 Å². The molecule has 0 aliphatic carbocycles. The Labute approximate surface area is 90.3 Å². The molecule has 5 radical (unpaired) electrons. The minimum atomic E-state index is -0.351. The number of amides is 1. The summed E-state index contributed by atoms with van der Waals surface area (Å²) in [5.41, 5.74) is 0.301. The Bertz CT molecular complexity index is 367. The SMILES string of the molecule is [B]C(=[B])c1[nH]nc(N[C](=O)[Al])c1Cl. The molecule has 0 saturated heterocycles. The van der Waals surface area contributed by atoms with E-state index in [0.29, 0.717) is 5.69 Å². The summed E-state index contributed by atoms with van der Waals surface area (Å²) in [5.74, 6) is 0.199. The van der Waals surface area contributed by atoms with Gasteiger partial charge < -0.3 is 0 Å². The number of nitrogens with zero attached hydrogens (tertiary/aromatic N) is 1. The van der Waals surface area contributed by atoms with E-state index in [-0.39, 0.29) is 21.0 Å². The third-order valence-electron chi connectivity index (χ3n) is 1.24. The Morgan fingerprint density at radius 3 is 2.69 bits per heavy atom. The molecular weight excluding hydrogens is 202 g/mol. The fourth-order valence-corrected chi connectivity index (χ4v) is 1.10. The summed E-state index contributed by atoms with van der Waals surface area (Å²) < 4.78 is -0.351. The van der Waals surface area contributed by atoms with Crippen LogP contribution in [0.4, 0.5) is 10.6 Å². The van der Waals surface area contributed by atoms with Gasteiger partial charge in [0.1, 0.15) is 0 Å². The van der Waals surface area contributed by atoms with Crippen molar-refractivity contribution in [3.63, 3.8) is 0 Å². The molecule has 2 N–H and O–H groups in total. The molecule has 4 nitrogen and oxygen atoms in total. The summed E-state index contributed by atoms with van der Waals surface area (Å²) in [7, 11) is 10.6. The van der Waals surface area contributed by atoms with E-state index in [9.17, 15) is 4.79 Å². The number of carbonyl (C=O) groups excluding carboxylic acids is 1. The number of halogens is 1. The molecule has 0 unspecified atom stereocenters. The van der Waals surface area contributed by atoms with Crippen LogP contribution in [-0.2, 0) is 0 Å². The standard InChI is InChI=1S/C5H2B2ClN3O.Al/c6-4(7)3-2(8)5(9-1-12)11-10-3;/h(H2,9,10,11,12);. The summed E-state index contributed by atoms with van der Waals surface area (Å²) in [6.07, 6.45) is 0. The monoisotopic (exact) mass is 204 g/mol. The zero-order valence-corrected chi connectivity index (χ0v) is 8.38. The molecule has 1 amide bonds. The van der Waals surface area contributed by atoms with Gasteiger partial charge in [-0.1, -0.05) is 0 Å².